The van der Waals surface area contributed by atoms with E-state index < -0.39 is 0 Å². The molecule has 0 atom stereocenters. The molecule has 0 bridgehead atoms. The van der Waals surface area contributed by atoms with Crippen LogP contribution in [0, 0.1) is 0 Å². The van der Waals surface area contributed by atoms with Crippen molar-refractivity contribution in [3.63, 3.8) is 0 Å². The number of aldehydes is 2. The average molecular weight is 685 g/mol. The van der Waals surface area contributed by atoms with Gasteiger partial charge < -0.3 is 9.80 Å². The first-order valence-electron chi connectivity index (χ1n) is 17.9. The van der Waals surface area contributed by atoms with Crippen LogP contribution in [-0.4, -0.2) is 12.6 Å². The number of fused-ring (bicyclic) bond motifs is 5. The Bertz CT molecular complexity index is 2500. The van der Waals surface area contributed by atoms with E-state index in [9.17, 15) is 9.59 Å². The van der Waals surface area contributed by atoms with Crippen LogP contribution in [0.5, 0.6) is 0 Å². The summed E-state index contributed by atoms with van der Waals surface area (Å²) in [6, 6.07) is 59.0. The van der Waals surface area contributed by atoms with Crippen LogP contribution in [0.3, 0.4) is 0 Å². The summed E-state index contributed by atoms with van der Waals surface area (Å²) >= 11 is 0. The quantitative estimate of drug-likeness (QED) is 0.149. The first-order valence-corrected chi connectivity index (χ1v) is 17.9. The van der Waals surface area contributed by atoms with Gasteiger partial charge in [-0.3, -0.25) is 9.59 Å². The fraction of sp³-hybridized carbons (Fsp3) is 0.0612. The zero-order valence-corrected chi connectivity index (χ0v) is 29.5. The fourth-order valence-corrected chi connectivity index (χ4v) is 8.06. The molecule has 53 heavy (non-hydrogen) atoms. The number of hydrogen-bond donors (Lipinski definition) is 0. The monoisotopic (exact) mass is 684 g/mol. The molecule has 8 aromatic carbocycles. The molecule has 1 aliphatic carbocycles. The van der Waals surface area contributed by atoms with E-state index in [0.717, 1.165) is 68.2 Å². The lowest BCUT2D eigenvalue weighted by Gasteiger charge is -2.30. The molecule has 0 saturated carbocycles. The van der Waals surface area contributed by atoms with E-state index in [1.807, 2.05) is 48.5 Å². The Labute approximate surface area is 309 Å². The van der Waals surface area contributed by atoms with Crippen LogP contribution >= 0.6 is 0 Å². The van der Waals surface area contributed by atoms with E-state index in [1.54, 1.807) is 0 Å². The molecule has 9 rings (SSSR count). The van der Waals surface area contributed by atoms with Gasteiger partial charge in [0.2, 0.25) is 0 Å². The SMILES string of the molecule is CC1(C)c2cc(N(c3ccc(C=O)cc3)c3cccc4ccccc34)ccc2-c2ccc(N(c3ccc(C=O)cc3)c3cccc4ccccc34)cc21. The predicted molar refractivity (Wildman–Crippen MR) is 219 cm³/mol. The molecule has 0 unspecified atom stereocenters. The Balaban J connectivity index is 1.19. The standard InChI is InChI=1S/C49H36N2O2/c1-49(2)45-29-39(50(37-21-17-33(31-52)18-22-37)47-15-7-11-35-9-3-5-13-41(35)47)25-27-43(45)44-28-26-40(30-46(44)49)51(38-23-19-34(32-53)20-24-38)48-16-8-12-36-10-4-6-14-42(36)48/h3-32H,1-2H3. The first-order chi connectivity index (χ1) is 25.9. The first kappa shape index (κ1) is 32.1. The average Bonchev–Trinajstić information content (AvgIpc) is 3.43. The maximum atomic E-state index is 11.6. The van der Waals surface area contributed by atoms with Crippen molar-refractivity contribution in [1.29, 1.82) is 0 Å². The Hall–Kier alpha value is -6.78. The number of benzene rings is 8. The van der Waals surface area contributed by atoms with Crippen LogP contribution in [0.25, 0.3) is 32.7 Å². The number of hydrogen-bond acceptors (Lipinski definition) is 4. The summed E-state index contributed by atoms with van der Waals surface area (Å²) < 4.78 is 0. The number of carbonyl (C=O) groups excluding carboxylic acids is 2. The minimum Gasteiger partial charge on any atom is -0.310 e. The minimum absolute atomic E-state index is 0.311. The summed E-state index contributed by atoms with van der Waals surface area (Å²) in [7, 11) is 0. The van der Waals surface area contributed by atoms with Crippen molar-refractivity contribution < 1.29 is 9.59 Å². The molecule has 0 saturated heterocycles. The molecule has 4 heteroatoms. The number of carbonyl (C=O) groups is 2. The van der Waals surface area contributed by atoms with Crippen molar-refractivity contribution in [3.05, 3.63) is 192 Å². The van der Waals surface area contributed by atoms with E-state index >= 15 is 0 Å². The highest BCUT2D eigenvalue weighted by Crippen LogP contribution is 2.53. The predicted octanol–water partition coefficient (Wildman–Crippen LogP) is 12.9. The Morgan fingerprint density at radius 2 is 0.792 bits per heavy atom. The van der Waals surface area contributed by atoms with Crippen molar-refractivity contribution in [1.82, 2.24) is 0 Å². The largest absolute Gasteiger partial charge is 0.310 e. The van der Waals surface area contributed by atoms with Crippen LogP contribution in [0.2, 0.25) is 0 Å². The molecule has 0 aliphatic heterocycles. The van der Waals surface area contributed by atoms with Gasteiger partial charge in [0, 0.05) is 50.1 Å². The zero-order valence-electron chi connectivity index (χ0n) is 29.5. The van der Waals surface area contributed by atoms with E-state index in [-0.39, 0.29) is 5.41 Å². The van der Waals surface area contributed by atoms with Gasteiger partial charge >= 0.3 is 0 Å². The molecule has 4 nitrogen and oxygen atoms in total. The second-order valence-corrected chi connectivity index (χ2v) is 14.2. The van der Waals surface area contributed by atoms with Gasteiger partial charge in [-0.1, -0.05) is 98.8 Å². The molecule has 0 spiro atoms. The summed E-state index contributed by atoms with van der Waals surface area (Å²) in [4.78, 5) is 27.8. The number of anilines is 6. The van der Waals surface area contributed by atoms with Crippen molar-refractivity contribution in [3.8, 4) is 11.1 Å². The molecule has 1 aliphatic rings. The lowest BCUT2D eigenvalue weighted by molar-refractivity contribution is 0.111. The van der Waals surface area contributed by atoms with Crippen LogP contribution in [0.15, 0.2) is 170 Å². The molecule has 254 valence electrons. The maximum absolute atomic E-state index is 11.6. The molecule has 0 amide bonds. The summed E-state index contributed by atoms with van der Waals surface area (Å²) in [5.74, 6) is 0. The van der Waals surface area contributed by atoms with Gasteiger partial charge in [0.25, 0.3) is 0 Å². The summed E-state index contributed by atoms with van der Waals surface area (Å²) in [6.07, 6.45) is 1.77. The van der Waals surface area contributed by atoms with E-state index in [0.29, 0.717) is 11.1 Å². The van der Waals surface area contributed by atoms with Crippen LogP contribution in [0.4, 0.5) is 34.1 Å². The van der Waals surface area contributed by atoms with Gasteiger partial charge in [0.15, 0.2) is 0 Å². The smallest absolute Gasteiger partial charge is 0.150 e. The van der Waals surface area contributed by atoms with Gasteiger partial charge in [0.05, 0.1) is 11.4 Å². The molecule has 0 radical (unpaired) electrons. The number of nitrogens with zero attached hydrogens (tertiary/aromatic N) is 2. The topological polar surface area (TPSA) is 40.6 Å². The highest BCUT2D eigenvalue weighted by atomic mass is 16.1. The third-order valence-electron chi connectivity index (χ3n) is 10.7. The Morgan fingerprint density at radius 1 is 0.415 bits per heavy atom. The third-order valence-corrected chi connectivity index (χ3v) is 10.7. The molecule has 8 aromatic rings. The molecular weight excluding hydrogens is 649 g/mol. The molecule has 0 heterocycles. The van der Waals surface area contributed by atoms with Crippen LogP contribution < -0.4 is 9.80 Å². The third kappa shape index (κ3) is 5.39. The normalized spacial score (nSPS) is 12.6. The lowest BCUT2D eigenvalue weighted by atomic mass is 9.82. The van der Waals surface area contributed by atoms with Crippen molar-refractivity contribution in [2.75, 3.05) is 9.80 Å². The number of rotatable bonds is 8. The Morgan fingerprint density at radius 3 is 1.21 bits per heavy atom. The van der Waals surface area contributed by atoms with Crippen LogP contribution in [-0.2, 0) is 5.41 Å². The van der Waals surface area contributed by atoms with Gasteiger partial charge in [-0.05, 0) is 118 Å². The highest BCUT2D eigenvalue weighted by Gasteiger charge is 2.37. The van der Waals surface area contributed by atoms with Crippen LogP contribution in [0.1, 0.15) is 45.7 Å². The molecular formula is C49H36N2O2. The van der Waals surface area contributed by atoms with Gasteiger partial charge in [0.1, 0.15) is 12.6 Å². The van der Waals surface area contributed by atoms with E-state index in [2.05, 4.69) is 145 Å². The maximum Gasteiger partial charge on any atom is 0.150 e. The van der Waals surface area contributed by atoms with Gasteiger partial charge in [-0.25, -0.2) is 0 Å². The van der Waals surface area contributed by atoms with E-state index in [1.165, 1.54) is 22.3 Å². The summed E-state index contributed by atoms with van der Waals surface area (Å²) in [5.41, 5.74) is 12.1. The van der Waals surface area contributed by atoms with Crippen molar-refractivity contribution in [2.45, 2.75) is 19.3 Å². The fourth-order valence-electron chi connectivity index (χ4n) is 8.06. The van der Waals surface area contributed by atoms with Crippen molar-refractivity contribution in [2.24, 2.45) is 0 Å². The lowest BCUT2D eigenvalue weighted by Crippen LogP contribution is -2.18. The van der Waals surface area contributed by atoms with Gasteiger partial charge in [-0.15, -0.1) is 0 Å². The van der Waals surface area contributed by atoms with Gasteiger partial charge in [-0.2, -0.15) is 0 Å². The van der Waals surface area contributed by atoms with E-state index in [4.69, 9.17) is 0 Å². The zero-order chi connectivity index (χ0) is 36.1. The summed E-state index contributed by atoms with van der Waals surface area (Å²) in [6.45, 7) is 4.63. The highest BCUT2D eigenvalue weighted by molar-refractivity contribution is 6.01. The second kappa shape index (κ2) is 12.8. The molecule has 0 N–H and O–H groups in total. The van der Waals surface area contributed by atoms with Crippen molar-refractivity contribution >= 4 is 68.2 Å². The second-order valence-electron chi connectivity index (χ2n) is 14.2. The minimum atomic E-state index is -0.311. The molecule has 0 fully saturated rings. The molecule has 0 aromatic heterocycles. The Kier molecular flexibility index (Phi) is 7.74. The summed E-state index contributed by atoms with van der Waals surface area (Å²) in [5, 5.41) is 4.63.